The molecule has 0 aromatic heterocycles. The van der Waals surface area contributed by atoms with Crippen LogP contribution in [0, 0.1) is 11.3 Å². The zero-order valence-electron chi connectivity index (χ0n) is 9.34. The Kier molecular flexibility index (Phi) is 7.77. The molecule has 102 valence electrons. The minimum absolute atomic E-state index is 0.415. The van der Waals surface area contributed by atoms with Gasteiger partial charge in [-0.05, 0) is 0 Å². The summed E-state index contributed by atoms with van der Waals surface area (Å²) in [5, 5.41) is 56.8. The summed E-state index contributed by atoms with van der Waals surface area (Å²) in [6.45, 7) is -0.791. The van der Waals surface area contributed by atoms with Gasteiger partial charge in [0.15, 0.2) is 0 Å². The smallest absolute Gasteiger partial charge is 0.254 e. The Hall–Kier alpha value is -1.57. The quantitative estimate of drug-likeness (QED) is 0.203. The maximum absolute atomic E-state index is 10.8. The highest BCUT2D eigenvalue weighted by Gasteiger charge is 2.29. The Morgan fingerprint density at radius 2 is 1.94 bits per heavy atom. The second-order valence-corrected chi connectivity index (χ2v) is 3.37. The number of carbonyl (C=O) groups is 1. The molecule has 1 amide bonds. The summed E-state index contributed by atoms with van der Waals surface area (Å²) in [6.07, 6.45) is -6.54. The summed E-state index contributed by atoms with van der Waals surface area (Å²) in [5.41, 5.74) is 1.89. The van der Waals surface area contributed by atoms with Gasteiger partial charge in [-0.1, -0.05) is 0 Å². The molecule has 0 aromatic rings. The van der Waals surface area contributed by atoms with Crippen LogP contribution >= 0.6 is 0 Å². The molecule has 0 unspecified atom stereocenters. The molecule has 0 rings (SSSR count). The van der Waals surface area contributed by atoms with E-state index in [-0.39, 0.29) is 0 Å². The van der Waals surface area contributed by atoms with Crippen molar-refractivity contribution in [1.29, 1.82) is 5.26 Å². The fourth-order valence-corrected chi connectivity index (χ4v) is 0.923. The zero-order valence-corrected chi connectivity index (χ0v) is 9.34. The lowest BCUT2D eigenvalue weighted by molar-refractivity contribution is -0.120. The first-order valence-electron chi connectivity index (χ1n) is 4.96. The molecule has 4 atom stereocenters. The predicted octanol–water partition coefficient (Wildman–Crippen LogP) is -3.56. The number of nitrogens with one attached hydrogen (secondary N) is 1. The maximum Gasteiger partial charge on any atom is 0.254 e. The Bertz CT molecular complexity index is 329. The van der Waals surface area contributed by atoms with Crippen molar-refractivity contribution in [3.63, 3.8) is 0 Å². The van der Waals surface area contributed by atoms with Crippen LogP contribution in [0.1, 0.15) is 6.42 Å². The van der Waals surface area contributed by atoms with E-state index in [1.807, 2.05) is 5.43 Å². The number of amides is 1. The molecule has 0 aliphatic heterocycles. The highest BCUT2D eigenvalue weighted by atomic mass is 16.4. The van der Waals surface area contributed by atoms with Crippen LogP contribution in [0.25, 0.3) is 0 Å². The zero-order chi connectivity index (χ0) is 14.1. The topological polar surface area (TPSA) is 166 Å². The molecule has 0 saturated carbocycles. The lowest BCUT2D eigenvalue weighted by Crippen LogP contribution is -2.46. The van der Waals surface area contributed by atoms with Crippen molar-refractivity contribution in [3.8, 4) is 6.07 Å². The molecule has 9 heteroatoms. The van der Waals surface area contributed by atoms with Crippen LogP contribution in [0.2, 0.25) is 0 Å². The monoisotopic (exact) mass is 261 g/mol. The number of nitriles is 1. The summed E-state index contributed by atoms with van der Waals surface area (Å²) in [7, 11) is 0. The molecular weight excluding hydrogens is 246 g/mol. The number of aliphatic hydroxyl groups excluding tert-OH is 5. The highest BCUT2D eigenvalue weighted by molar-refractivity contribution is 5.79. The fourth-order valence-electron chi connectivity index (χ4n) is 0.923. The highest BCUT2D eigenvalue weighted by Crippen LogP contribution is 2.03. The molecule has 18 heavy (non-hydrogen) atoms. The van der Waals surface area contributed by atoms with Gasteiger partial charge in [0, 0.05) is 0 Å². The van der Waals surface area contributed by atoms with Gasteiger partial charge in [0.1, 0.15) is 30.8 Å². The third-order valence-electron chi connectivity index (χ3n) is 1.94. The first-order chi connectivity index (χ1) is 8.43. The van der Waals surface area contributed by atoms with Crippen LogP contribution in [-0.4, -0.2) is 68.7 Å². The molecule has 0 saturated heterocycles. The average Bonchev–Trinajstić information content (AvgIpc) is 2.36. The lowest BCUT2D eigenvalue weighted by Gasteiger charge is -2.23. The average molecular weight is 261 g/mol. The van der Waals surface area contributed by atoms with Crippen molar-refractivity contribution in [2.24, 2.45) is 5.10 Å². The van der Waals surface area contributed by atoms with Gasteiger partial charge in [-0.25, -0.2) is 5.43 Å². The molecule has 6 N–H and O–H groups in total. The van der Waals surface area contributed by atoms with Gasteiger partial charge in [0.2, 0.25) is 0 Å². The molecule has 0 bridgehead atoms. The van der Waals surface area contributed by atoms with Crippen LogP contribution in [-0.2, 0) is 4.79 Å². The summed E-state index contributed by atoms with van der Waals surface area (Å²) < 4.78 is 0. The normalized spacial score (nSPS) is 17.8. The van der Waals surface area contributed by atoms with E-state index < -0.39 is 43.4 Å². The van der Waals surface area contributed by atoms with Gasteiger partial charge in [0.05, 0.1) is 18.9 Å². The molecule has 0 heterocycles. The summed E-state index contributed by atoms with van der Waals surface area (Å²) >= 11 is 0. The molecule has 0 aliphatic rings. The number of aliphatic hydroxyl groups is 5. The van der Waals surface area contributed by atoms with E-state index in [1.54, 1.807) is 6.07 Å². The minimum Gasteiger partial charge on any atom is -0.394 e. The summed E-state index contributed by atoms with van der Waals surface area (Å²) in [5.74, 6) is -0.702. The second-order valence-electron chi connectivity index (χ2n) is 3.37. The van der Waals surface area contributed by atoms with Crippen molar-refractivity contribution < 1.29 is 30.3 Å². The van der Waals surface area contributed by atoms with E-state index >= 15 is 0 Å². The fraction of sp³-hybridized carbons (Fsp3) is 0.667. The van der Waals surface area contributed by atoms with Crippen molar-refractivity contribution in [1.82, 2.24) is 5.43 Å². The van der Waals surface area contributed by atoms with Crippen molar-refractivity contribution >= 4 is 12.1 Å². The van der Waals surface area contributed by atoms with Crippen LogP contribution in [0.4, 0.5) is 0 Å². The van der Waals surface area contributed by atoms with E-state index in [2.05, 4.69) is 5.10 Å². The Morgan fingerprint density at radius 3 is 2.44 bits per heavy atom. The van der Waals surface area contributed by atoms with Gasteiger partial charge in [-0.15, -0.1) is 0 Å². The third kappa shape index (κ3) is 5.67. The number of carbonyl (C=O) groups excluding carboxylic acids is 1. The third-order valence-corrected chi connectivity index (χ3v) is 1.94. The Morgan fingerprint density at radius 1 is 1.33 bits per heavy atom. The molecule has 0 fully saturated rings. The maximum atomic E-state index is 10.8. The van der Waals surface area contributed by atoms with E-state index in [0.717, 1.165) is 0 Å². The molecule has 0 radical (unpaired) electrons. The number of hydrazone groups is 1. The lowest BCUT2D eigenvalue weighted by atomic mass is 10.0. The molecule has 0 aliphatic carbocycles. The van der Waals surface area contributed by atoms with Crippen molar-refractivity contribution in [3.05, 3.63) is 0 Å². The number of hydrogen-bond acceptors (Lipinski definition) is 8. The van der Waals surface area contributed by atoms with Gasteiger partial charge in [-0.2, -0.15) is 10.4 Å². The first kappa shape index (κ1) is 16.4. The standard InChI is InChI=1S/C9H15N3O6/c10-2-1-7(16)12-11-3-5(14)8(17)9(18)6(15)4-13/h3,5-6,8-9,13-15,17-18H,1,4H2,(H,12,16)/b11-3+/t5-,6+,8-,9+/m0/s1. The SMILES string of the molecule is N#CCC(=O)N/N=C/[C@H](O)[C@H](O)[C@H](O)[C@H](O)CO. The van der Waals surface area contributed by atoms with Gasteiger partial charge in [-0.3, -0.25) is 4.79 Å². The Balaban J connectivity index is 4.23. The molecule has 9 nitrogen and oxygen atoms in total. The molecule has 0 spiro atoms. The first-order valence-corrected chi connectivity index (χ1v) is 4.96. The number of rotatable bonds is 7. The number of nitrogens with zero attached hydrogens (tertiary/aromatic N) is 2. The predicted molar refractivity (Wildman–Crippen MR) is 58.0 cm³/mol. The largest absolute Gasteiger partial charge is 0.394 e. The van der Waals surface area contributed by atoms with Crippen molar-refractivity contribution in [2.75, 3.05) is 6.61 Å². The van der Waals surface area contributed by atoms with Gasteiger partial charge >= 0.3 is 0 Å². The van der Waals surface area contributed by atoms with E-state index in [0.29, 0.717) is 6.21 Å². The van der Waals surface area contributed by atoms with Crippen LogP contribution in [0.15, 0.2) is 5.10 Å². The summed E-state index contributed by atoms with van der Waals surface area (Å²) in [4.78, 5) is 10.8. The van der Waals surface area contributed by atoms with Gasteiger partial charge < -0.3 is 25.5 Å². The van der Waals surface area contributed by atoms with Crippen molar-refractivity contribution in [2.45, 2.75) is 30.8 Å². The Labute approximate surface area is 103 Å². The second kappa shape index (κ2) is 8.51. The van der Waals surface area contributed by atoms with E-state index in [4.69, 9.17) is 15.5 Å². The molecule has 0 aromatic carbocycles. The van der Waals surface area contributed by atoms with Crippen LogP contribution in [0.5, 0.6) is 0 Å². The number of hydrogen-bond donors (Lipinski definition) is 6. The van der Waals surface area contributed by atoms with E-state index in [1.165, 1.54) is 0 Å². The summed E-state index contributed by atoms with van der Waals surface area (Å²) in [6, 6.07) is 1.57. The van der Waals surface area contributed by atoms with Gasteiger partial charge in [0.25, 0.3) is 5.91 Å². The van der Waals surface area contributed by atoms with Crippen LogP contribution < -0.4 is 5.43 Å². The minimum atomic E-state index is -1.79. The van der Waals surface area contributed by atoms with Crippen LogP contribution in [0.3, 0.4) is 0 Å². The molecular formula is C9H15N3O6. The van der Waals surface area contributed by atoms with E-state index in [9.17, 15) is 20.1 Å².